The average molecular weight is 536 g/mol. The zero-order valence-corrected chi connectivity index (χ0v) is 25.1. The largest absolute Gasteiger partial charge is 0.333 e. The van der Waals surface area contributed by atoms with Crippen LogP contribution in [0.1, 0.15) is 193 Å². The van der Waals surface area contributed by atoms with Crippen LogP contribution in [0.4, 0.5) is 0 Å². The standard InChI is InChI=1S/C33H61NO4/c1-2-3-4-5-6-7-8-9-10-11-12-13-14-15-16-17-18-19-20-21-22-23-24-25-26-27-28-33(37)38-34-31(35)29-30-32(34)36/h2-30H2,1H3. The van der Waals surface area contributed by atoms with Gasteiger partial charge in [0.05, 0.1) is 0 Å². The number of carbonyl (C=O) groups is 3. The van der Waals surface area contributed by atoms with E-state index in [4.69, 9.17) is 4.84 Å². The molecule has 222 valence electrons. The second-order valence-corrected chi connectivity index (χ2v) is 11.6. The van der Waals surface area contributed by atoms with E-state index in [2.05, 4.69) is 6.92 Å². The van der Waals surface area contributed by atoms with Crippen molar-refractivity contribution in [1.29, 1.82) is 0 Å². The van der Waals surface area contributed by atoms with Crippen molar-refractivity contribution >= 4 is 17.8 Å². The van der Waals surface area contributed by atoms with E-state index in [1.807, 2.05) is 0 Å². The molecule has 5 nitrogen and oxygen atoms in total. The fourth-order valence-corrected chi connectivity index (χ4v) is 5.39. The highest BCUT2D eigenvalue weighted by molar-refractivity contribution is 6.01. The smallest absolute Gasteiger partial charge is 0.330 e. The lowest BCUT2D eigenvalue weighted by atomic mass is 10.0. The van der Waals surface area contributed by atoms with Gasteiger partial charge in [0.1, 0.15) is 0 Å². The van der Waals surface area contributed by atoms with Gasteiger partial charge < -0.3 is 4.84 Å². The van der Waals surface area contributed by atoms with E-state index in [0.717, 1.165) is 19.3 Å². The summed E-state index contributed by atoms with van der Waals surface area (Å²) < 4.78 is 0. The highest BCUT2D eigenvalue weighted by Gasteiger charge is 2.32. The molecule has 2 amide bonds. The molecular formula is C33H61NO4. The molecule has 0 N–H and O–H groups in total. The Morgan fingerprint density at radius 2 is 0.763 bits per heavy atom. The SMILES string of the molecule is CCCCCCCCCCCCCCCCCCCCCCCCCCCCC(=O)ON1C(=O)CCC1=O. The number of carbonyl (C=O) groups excluding carboxylic acids is 3. The second-order valence-electron chi connectivity index (χ2n) is 11.6. The first-order chi connectivity index (χ1) is 18.6. The number of rotatable bonds is 28. The summed E-state index contributed by atoms with van der Waals surface area (Å²) in [7, 11) is 0. The molecule has 0 aromatic heterocycles. The van der Waals surface area contributed by atoms with Gasteiger partial charge in [-0.15, -0.1) is 5.06 Å². The molecule has 1 fully saturated rings. The van der Waals surface area contributed by atoms with Crippen LogP contribution in [0, 0.1) is 0 Å². The summed E-state index contributed by atoms with van der Waals surface area (Å²) in [5, 5.41) is 0.642. The summed E-state index contributed by atoms with van der Waals surface area (Å²) in [6.07, 6.45) is 35.8. The molecule has 1 saturated heterocycles. The summed E-state index contributed by atoms with van der Waals surface area (Å²) in [4.78, 5) is 39.5. The van der Waals surface area contributed by atoms with Gasteiger partial charge in [-0.25, -0.2) is 4.79 Å². The number of unbranched alkanes of at least 4 members (excludes halogenated alkanes) is 25. The molecule has 1 heterocycles. The quantitative estimate of drug-likeness (QED) is 0.0738. The molecule has 0 aliphatic carbocycles. The molecule has 0 radical (unpaired) electrons. The lowest BCUT2D eigenvalue weighted by Gasteiger charge is -2.12. The minimum absolute atomic E-state index is 0.144. The lowest BCUT2D eigenvalue weighted by molar-refractivity contribution is -0.197. The van der Waals surface area contributed by atoms with Crippen LogP contribution in [-0.2, 0) is 19.2 Å². The summed E-state index contributed by atoms with van der Waals surface area (Å²) >= 11 is 0. The zero-order chi connectivity index (χ0) is 27.5. The first kappa shape index (κ1) is 34.6. The van der Waals surface area contributed by atoms with Crippen molar-refractivity contribution in [3.63, 3.8) is 0 Å². The van der Waals surface area contributed by atoms with E-state index in [9.17, 15) is 14.4 Å². The molecule has 0 aromatic carbocycles. The molecule has 1 aliphatic heterocycles. The monoisotopic (exact) mass is 535 g/mol. The van der Waals surface area contributed by atoms with Crippen LogP contribution >= 0.6 is 0 Å². The highest BCUT2D eigenvalue weighted by atomic mass is 16.7. The zero-order valence-electron chi connectivity index (χ0n) is 25.1. The van der Waals surface area contributed by atoms with Crippen molar-refractivity contribution in [2.75, 3.05) is 0 Å². The first-order valence-corrected chi connectivity index (χ1v) is 16.7. The summed E-state index contributed by atoms with van der Waals surface area (Å²) in [5.41, 5.74) is 0. The van der Waals surface area contributed by atoms with Gasteiger partial charge in [0, 0.05) is 19.3 Å². The Kier molecular flexibility index (Phi) is 23.6. The average Bonchev–Trinajstić information content (AvgIpc) is 3.22. The van der Waals surface area contributed by atoms with Crippen LogP contribution in [0.5, 0.6) is 0 Å². The Bertz CT molecular complexity index is 576. The van der Waals surface area contributed by atoms with E-state index in [1.165, 1.54) is 148 Å². The van der Waals surface area contributed by atoms with Gasteiger partial charge >= 0.3 is 5.97 Å². The Labute approximate surface area is 235 Å². The summed E-state index contributed by atoms with van der Waals surface area (Å²) in [6, 6.07) is 0. The Balaban J connectivity index is 1.69. The van der Waals surface area contributed by atoms with Crippen LogP contribution in [0.15, 0.2) is 0 Å². The van der Waals surface area contributed by atoms with Crippen LogP contribution in [0.3, 0.4) is 0 Å². The lowest BCUT2D eigenvalue weighted by Crippen LogP contribution is -2.31. The minimum Gasteiger partial charge on any atom is -0.330 e. The van der Waals surface area contributed by atoms with Crippen molar-refractivity contribution in [1.82, 2.24) is 5.06 Å². The number of hydrogen-bond acceptors (Lipinski definition) is 4. The predicted molar refractivity (Wildman–Crippen MR) is 158 cm³/mol. The normalized spacial score (nSPS) is 13.6. The van der Waals surface area contributed by atoms with Gasteiger partial charge in [-0.3, -0.25) is 9.59 Å². The third kappa shape index (κ3) is 20.6. The Hall–Kier alpha value is -1.39. The van der Waals surface area contributed by atoms with Gasteiger partial charge in [-0.05, 0) is 6.42 Å². The van der Waals surface area contributed by atoms with Gasteiger partial charge in [-0.2, -0.15) is 0 Å². The maximum atomic E-state index is 11.8. The molecule has 0 atom stereocenters. The number of amides is 2. The number of nitrogens with zero attached hydrogens (tertiary/aromatic N) is 1. The van der Waals surface area contributed by atoms with E-state index in [0.29, 0.717) is 5.06 Å². The van der Waals surface area contributed by atoms with Crippen LogP contribution < -0.4 is 0 Å². The molecular weight excluding hydrogens is 474 g/mol. The minimum atomic E-state index is -0.474. The van der Waals surface area contributed by atoms with Gasteiger partial charge in [0.2, 0.25) is 0 Å². The van der Waals surface area contributed by atoms with E-state index < -0.39 is 17.8 Å². The molecule has 0 bridgehead atoms. The summed E-state index contributed by atoms with van der Waals surface area (Å²) in [5.74, 6) is -1.29. The number of hydrogen-bond donors (Lipinski definition) is 0. The Morgan fingerprint density at radius 1 is 0.500 bits per heavy atom. The molecule has 0 aromatic rings. The fraction of sp³-hybridized carbons (Fsp3) is 0.909. The maximum Gasteiger partial charge on any atom is 0.333 e. The van der Waals surface area contributed by atoms with Crippen molar-refractivity contribution < 1.29 is 19.2 Å². The van der Waals surface area contributed by atoms with Crippen molar-refractivity contribution in [2.45, 2.75) is 193 Å². The van der Waals surface area contributed by atoms with Crippen LogP contribution in [0.2, 0.25) is 0 Å². The van der Waals surface area contributed by atoms with Crippen molar-refractivity contribution in [3.8, 4) is 0 Å². The van der Waals surface area contributed by atoms with Crippen LogP contribution in [-0.4, -0.2) is 22.8 Å². The molecule has 38 heavy (non-hydrogen) atoms. The molecule has 1 aliphatic rings. The van der Waals surface area contributed by atoms with Gasteiger partial charge in [0.15, 0.2) is 0 Å². The van der Waals surface area contributed by atoms with Crippen molar-refractivity contribution in [3.05, 3.63) is 0 Å². The highest BCUT2D eigenvalue weighted by Crippen LogP contribution is 2.17. The van der Waals surface area contributed by atoms with E-state index in [1.54, 1.807) is 0 Å². The van der Waals surface area contributed by atoms with Crippen molar-refractivity contribution in [2.24, 2.45) is 0 Å². The molecule has 0 saturated carbocycles. The first-order valence-electron chi connectivity index (χ1n) is 16.7. The maximum absolute atomic E-state index is 11.8. The van der Waals surface area contributed by atoms with E-state index in [-0.39, 0.29) is 19.3 Å². The Morgan fingerprint density at radius 3 is 1.05 bits per heavy atom. The second kappa shape index (κ2) is 25.9. The van der Waals surface area contributed by atoms with Crippen LogP contribution in [0.25, 0.3) is 0 Å². The van der Waals surface area contributed by atoms with Gasteiger partial charge in [0.25, 0.3) is 11.8 Å². The number of imide groups is 1. The fourth-order valence-electron chi connectivity index (χ4n) is 5.39. The third-order valence-corrected chi connectivity index (χ3v) is 7.93. The predicted octanol–water partition coefficient (Wildman–Crippen LogP) is 10.1. The molecule has 1 rings (SSSR count). The topological polar surface area (TPSA) is 63.7 Å². The molecule has 5 heteroatoms. The van der Waals surface area contributed by atoms with E-state index >= 15 is 0 Å². The third-order valence-electron chi connectivity index (χ3n) is 7.93. The molecule has 0 unspecified atom stereocenters. The van der Waals surface area contributed by atoms with Gasteiger partial charge in [-0.1, -0.05) is 167 Å². The number of hydroxylamine groups is 2. The molecule has 0 spiro atoms. The summed E-state index contributed by atoms with van der Waals surface area (Å²) in [6.45, 7) is 2.29.